The summed E-state index contributed by atoms with van der Waals surface area (Å²) >= 11 is 12.5. The molecule has 0 aliphatic carbocycles. The summed E-state index contributed by atoms with van der Waals surface area (Å²) in [5.41, 5.74) is 16.9. The van der Waals surface area contributed by atoms with Gasteiger partial charge in [-0.3, -0.25) is 19.9 Å². The third-order valence-corrected chi connectivity index (χ3v) is 9.87. The summed E-state index contributed by atoms with van der Waals surface area (Å²) < 4.78 is 28.4. The van der Waals surface area contributed by atoms with Gasteiger partial charge >= 0.3 is 0 Å². The van der Waals surface area contributed by atoms with Crippen LogP contribution in [0.2, 0.25) is 10.0 Å². The molecule has 6 aromatic heterocycles. The molecule has 2 atom stereocenters. The molecule has 0 unspecified atom stereocenters. The first-order chi connectivity index (χ1) is 29.0. The third kappa shape index (κ3) is 8.19. The number of pyridine rings is 4. The average Bonchev–Trinajstić information content (AvgIpc) is 3.23. The van der Waals surface area contributed by atoms with Crippen molar-refractivity contribution in [2.45, 2.75) is 25.9 Å². The van der Waals surface area contributed by atoms with Gasteiger partial charge in [0.25, 0.3) is 0 Å². The topological polar surface area (TPSA) is 227 Å². The Morgan fingerprint density at radius 1 is 0.600 bits per heavy atom. The smallest absolute Gasteiger partial charge is 0.150 e. The minimum absolute atomic E-state index is 0.0811. The molecule has 0 saturated carbocycles. The summed E-state index contributed by atoms with van der Waals surface area (Å²) in [4.78, 5) is 33.7. The van der Waals surface area contributed by atoms with Crippen LogP contribution in [0.15, 0.2) is 98.1 Å². The van der Waals surface area contributed by atoms with Crippen LogP contribution in [0.3, 0.4) is 0 Å². The van der Waals surface area contributed by atoms with Crippen molar-refractivity contribution < 1.29 is 8.78 Å². The van der Waals surface area contributed by atoms with Crippen LogP contribution in [0.25, 0.3) is 44.3 Å². The Labute approximate surface area is 351 Å². The van der Waals surface area contributed by atoms with Gasteiger partial charge in [0.05, 0.1) is 44.6 Å². The van der Waals surface area contributed by atoms with Crippen LogP contribution in [0.4, 0.5) is 32.1 Å². The Morgan fingerprint density at radius 2 is 1.02 bits per heavy atom. The Balaban J connectivity index is 0.000000181. The first kappa shape index (κ1) is 40.5. The SMILES string of the molecule is C[C@@H](Nc1ncnc(N)c1C#N)c1cnc2c(Cl)cc(F)cc2c1-c1ccccn1.C[C@H](Nc1ncnc(N)c1C#N)c1cnc2c(Cl)cc(F)cc2c1-c1ccccn1. The fourth-order valence-corrected chi connectivity index (χ4v) is 7.05. The molecule has 2 aromatic carbocycles. The van der Waals surface area contributed by atoms with Gasteiger partial charge in [-0.05, 0) is 62.4 Å². The van der Waals surface area contributed by atoms with Crippen LogP contribution < -0.4 is 22.1 Å². The van der Waals surface area contributed by atoms with Gasteiger partial charge in [-0.2, -0.15) is 10.5 Å². The fraction of sp³-hybridized carbons (Fsp3) is 0.0952. The molecule has 8 rings (SSSR count). The molecule has 296 valence electrons. The van der Waals surface area contributed by atoms with Gasteiger partial charge in [0.15, 0.2) is 0 Å². The predicted octanol–water partition coefficient (Wildman–Crippen LogP) is 9.01. The molecule has 0 bridgehead atoms. The van der Waals surface area contributed by atoms with E-state index in [2.05, 4.69) is 50.5 Å². The quantitative estimate of drug-likeness (QED) is 0.112. The fourth-order valence-electron chi connectivity index (χ4n) is 6.54. The Morgan fingerprint density at radius 3 is 1.38 bits per heavy atom. The number of nitrogen functional groups attached to an aromatic ring is 2. The normalized spacial score (nSPS) is 11.8. The number of benzene rings is 2. The van der Waals surface area contributed by atoms with Crippen LogP contribution in [-0.2, 0) is 0 Å². The summed E-state index contributed by atoms with van der Waals surface area (Å²) in [6.45, 7) is 3.74. The van der Waals surface area contributed by atoms with Crippen molar-refractivity contribution in [1.82, 2.24) is 39.9 Å². The van der Waals surface area contributed by atoms with E-state index < -0.39 is 11.6 Å². The number of hydrogen-bond acceptors (Lipinski definition) is 14. The first-order valence-corrected chi connectivity index (χ1v) is 18.7. The van der Waals surface area contributed by atoms with E-state index in [0.29, 0.717) is 56.0 Å². The van der Waals surface area contributed by atoms with Gasteiger partial charge in [-0.15, -0.1) is 0 Å². The Bertz CT molecular complexity index is 2780. The van der Waals surface area contributed by atoms with E-state index in [0.717, 1.165) is 11.1 Å². The lowest BCUT2D eigenvalue weighted by atomic mass is 9.96. The highest BCUT2D eigenvalue weighted by Crippen LogP contribution is 2.39. The van der Waals surface area contributed by atoms with Crippen LogP contribution in [0, 0.1) is 34.3 Å². The molecule has 0 aliphatic heterocycles. The summed E-state index contributed by atoms with van der Waals surface area (Å²) in [5, 5.41) is 26.6. The van der Waals surface area contributed by atoms with Crippen molar-refractivity contribution in [1.29, 1.82) is 10.5 Å². The average molecular weight is 840 g/mol. The summed E-state index contributed by atoms with van der Waals surface area (Å²) in [5.74, 6) is -0.196. The molecule has 18 heteroatoms. The van der Waals surface area contributed by atoms with E-state index in [1.165, 1.54) is 36.9 Å². The van der Waals surface area contributed by atoms with Crippen molar-refractivity contribution in [2.24, 2.45) is 0 Å². The van der Waals surface area contributed by atoms with E-state index in [1.807, 2.05) is 50.3 Å². The number of nitrogens with two attached hydrogens (primary N) is 2. The minimum atomic E-state index is -0.473. The van der Waals surface area contributed by atoms with Crippen LogP contribution in [-0.4, -0.2) is 39.9 Å². The zero-order valence-electron chi connectivity index (χ0n) is 31.5. The van der Waals surface area contributed by atoms with Gasteiger partial charge in [-0.1, -0.05) is 35.3 Å². The maximum Gasteiger partial charge on any atom is 0.150 e. The number of anilines is 4. The monoisotopic (exact) mass is 838 g/mol. The highest BCUT2D eigenvalue weighted by atomic mass is 35.5. The van der Waals surface area contributed by atoms with Crippen molar-refractivity contribution in [3.63, 3.8) is 0 Å². The van der Waals surface area contributed by atoms with Crippen molar-refractivity contribution >= 4 is 68.3 Å². The standard InChI is InChI=1S/2C21H15ClFN7/c2*1-11(30-21-14(8-24)20(25)28-10-29-21)15-9-27-19-13(6-12(23)7-16(19)22)18(15)17-4-2-3-5-26-17/h2*2-7,9-11H,1H3,(H3,25,28,29,30)/t2*11-/m10/s1. The number of nitriles is 2. The second-order valence-corrected chi connectivity index (χ2v) is 13.9. The van der Waals surface area contributed by atoms with Gasteiger partial charge in [0.2, 0.25) is 0 Å². The van der Waals surface area contributed by atoms with E-state index in [-0.39, 0.29) is 44.9 Å². The highest BCUT2D eigenvalue weighted by Gasteiger charge is 2.23. The number of fused-ring (bicyclic) bond motifs is 2. The van der Waals surface area contributed by atoms with E-state index in [1.54, 1.807) is 36.9 Å². The predicted molar refractivity (Wildman–Crippen MR) is 226 cm³/mol. The molecule has 0 saturated heterocycles. The number of hydrogen-bond donors (Lipinski definition) is 4. The number of rotatable bonds is 8. The molecule has 0 fully saturated rings. The largest absolute Gasteiger partial charge is 0.382 e. The molecular formula is C42H30Cl2F2N14. The number of halogens is 4. The van der Waals surface area contributed by atoms with Gasteiger partial charge in [0, 0.05) is 57.8 Å². The van der Waals surface area contributed by atoms with E-state index in [4.69, 9.17) is 34.7 Å². The maximum atomic E-state index is 14.2. The van der Waals surface area contributed by atoms with Crippen molar-refractivity contribution in [2.75, 3.05) is 22.1 Å². The molecule has 8 aromatic rings. The molecule has 0 spiro atoms. The van der Waals surface area contributed by atoms with E-state index in [9.17, 15) is 19.3 Å². The molecule has 6 N–H and O–H groups in total. The zero-order chi connectivity index (χ0) is 42.5. The van der Waals surface area contributed by atoms with Crippen molar-refractivity contribution in [3.05, 3.63) is 142 Å². The summed E-state index contributed by atoms with van der Waals surface area (Å²) in [6.07, 6.45) is 9.18. The molecule has 14 nitrogen and oxygen atoms in total. The van der Waals surface area contributed by atoms with Crippen molar-refractivity contribution in [3.8, 4) is 34.7 Å². The van der Waals surface area contributed by atoms with Gasteiger partial charge < -0.3 is 22.1 Å². The summed E-state index contributed by atoms with van der Waals surface area (Å²) in [7, 11) is 0. The van der Waals surface area contributed by atoms with Gasteiger partial charge in [0.1, 0.15) is 70.8 Å². The Hall–Kier alpha value is -7.66. The second-order valence-electron chi connectivity index (χ2n) is 13.1. The molecule has 0 radical (unpaired) electrons. The minimum Gasteiger partial charge on any atom is -0.382 e. The lowest BCUT2D eigenvalue weighted by molar-refractivity contribution is 0.629. The maximum absolute atomic E-state index is 14.2. The zero-order valence-corrected chi connectivity index (χ0v) is 33.0. The number of aromatic nitrogens is 8. The molecule has 60 heavy (non-hydrogen) atoms. The second kappa shape index (κ2) is 17.5. The summed E-state index contributed by atoms with van der Waals surface area (Å²) in [6, 6.07) is 19.4. The lowest BCUT2D eigenvalue weighted by Crippen LogP contribution is -2.13. The van der Waals surface area contributed by atoms with Gasteiger partial charge in [-0.25, -0.2) is 28.7 Å². The molecule has 0 aliphatic rings. The molecule has 0 amide bonds. The highest BCUT2D eigenvalue weighted by molar-refractivity contribution is 6.36. The third-order valence-electron chi connectivity index (χ3n) is 9.30. The number of nitrogens with one attached hydrogen (secondary N) is 2. The van der Waals surface area contributed by atoms with E-state index >= 15 is 0 Å². The Kier molecular flexibility index (Phi) is 11.8. The number of nitrogens with zero attached hydrogens (tertiary/aromatic N) is 10. The lowest BCUT2D eigenvalue weighted by Gasteiger charge is -2.20. The van der Waals surface area contributed by atoms with Crippen LogP contribution in [0.1, 0.15) is 48.2 Å². The molecule has 6 heterocycles. The molecular weight excluding hydrogens is 809 g/mol. The van der Waals surface area contributed by atoms with Crippen LogP contribution in [0.5, 0.6) is 0 Å². The van der Waals surface area contributed by atoms with Crippen LogP contribution >= 0.6 is 23.2 Å². The first-order valence-electron chi connectivity index (χ1n) is 17.9.